The first kappa shape index (κ1) is 14.3. The van der Waals surface area contributed by atoms with Gasteiger partial charge in [-0.05, 0) is 31.0 Å². The quantitative estimate of drug-likeness (QED) is 0.791. The number of rotatable bonds is 5. The molecule has 1 heterocycles. The van der Waals surface area contributed by atoms with Gasteiger partial charge >= 0.3 is 5.97 Å². The summed E-state index contributed by atoms with van der Waals surface area (Å²) in [7, 11) is 0. The van der Waals surface area contributed by atoms with E-state index in [1.165, 1.54) is 0 Å². The number of carboxylic acids is 1. The summed E-state index contributed by atoms with van der Waals surface area (Å²) in [6, 6.07) is 9.20. The highest BCUT2D eigenvalue weighted by Crippen LogP contribution is 2.44. The molecule has 1 aromatic heterocycles. The molecule has 0 atom stereocenters. The smallest absolute Gasteiger partial charge is 0.310 e. The Morgan fingerprint density at radius 2 is 2.14 bits per heavy atom. The molecule has 0 aliphatic heterocycles. The number of aromatic nitrogens is 2. The molecule has 1 fully saturated rings. The number of aliphatic carboxylic acids is 1. The molecule has 2 aromatic rings. The number of anilines is 1. The third kappa shape index (κ3) is 2.72. The van der Waals surface area contributed by atoms with Crippen LogP contribution in [-0.4, -0.2) is 27.2 Å². The molecule has 0 spiro atoms. The van der Waals surface area contributed by atoms with Crippen molar-refractivity contribution in [3.8, 4) is 11.3 Å². The van der Waals surface area contributed by atoms with Gasteiger partial charge in [-0.25, -0.2) is 0 Å². The Kier molecular flexibility index (Phi) is 3.66. The lowest BCUT2D eigenvalue weighted by Gasteiger charge is -2.36. The van der Waals surface area contributed by atoms with E-state index >= 15 is 0 Å². The molecular weight excluding hydrogens is 282 g/mol. The van der Waals surface area contributed by atoms with Crippen LogP contribution in [0.15, 0.2) is 36.5 Å². The molecule has 3 rings (SSSR count). The third-order valence-corrected chi connectivity index (χ3v) is 4.22. The van der Waals surface area contributed by atoms with Crippen molar-refractivity contribution in [1.82, 2.24) is 10.2 Å². The van der Waals surface area contributed by atoms with Crippen LogP contribution in [0.25, 0.3) is 11.3 Å². The summed E-state index contributed by atoms with van der Waals surface area (Å²) in [5.41, 5.74) is 1.55. The van der Waals surface area contributed by atoms with Gasteiger partial charge in [0.25, 0.3) is 0 Å². The number of hydrogen-bond acceptors (Lipinski definition) is 3. The maximum Gasteiger partial charge on any atom is 0.310 e. The van der Waals surface area contributed by atoms with E-state index in [1.807, 2.05) is 24.3 Å². The van der Waals surface area contributed by atoms with Crippen molar-refractivity contribution in [3.63, 3.8) is 0 Å². The molecular formula is C16H17N3O3. The van der Waals surface area contributed by atoms with E-state index in [4.69, 9.17) is 0 Å². The van der Waals surface area contributed by atoms with Crippen LogP contribution < -0.4 is 5.32 Å². The summed E-state index contributed by atoms with van der Waals surface area (Å²) in [6.07, 6.45) is 3.70. The second-order valence-electron chi connectivity index (χ2n) is 5.72. The Balaban J connectivity index is 1.69. The lowest BCUT2D eigenvalue weighted by molar-refractivity contribution is -0.157. The lowest BCUT2D eigenvalue weighted by Crippen LogP contribution is -2.41. The Morgan fingerprint density at radius 3 is 2.73 bits per heavy atom. The monoisotopic (exact) mass is 299 g/mol. The highest BCUT2D eigenvalue weighted by atomic mass is 16.4. The molecule has 6 heteroatoms. The van der Waals surface area contributed by atoms with Crippen LogP contribution in [0.5, 0.6) is 0 Å². The molecule has 1 amide bonds. The average Bonchev–Trinajstić information content (AvgIpc) is 2.97. The molecule has 1 aromatic carbocycles. The number of carbonyl (C=O) groups is 2. The summed E-state index contributed by atoms with van der Waals surface area (Å²) in [6.45, 7) is 0. The summed E-state index contributed by atoms with van der Waals surface area (Å²) in [5.74, 6) is -1.14. The van der Waals surface area contributed by atoms with Gasteiger partial charge in [-0.1, -0.05) is 18.6 Å². The van der Waals surface area contributed by atoms with E-state index in [0.717, 1.165) is 17.7 Å². The van der Waals surface area contributed by atoms with Gasteiger partial charge in [0.05, 0.1) is 11.1 Å². The Bertz CT molecular complexity index is 690. The summed E-state index contributed by atoms with van der Waals surface area (Å²) < 4.78 is 0. The summed E-state index contributed by atoms with van der Waals surface area (Å²) in [5, 5.41) is 18.8. The molecule has 0 saturated heterocycles. The predicted octanol–water partition coefficient (Wildman–Crippen LogP) is 2.66. The first-order valence-electron chi connectivity index (χ1n) is 7.22. The van der Waals surface area contributed by atoms with Crippen molar-refractivity contribution < 1.29 is 14.7 Å². The van der Waals surface area contributed by atoms with Crippen LogP contribution in [0.1, 0.15) is 25.7 Å². The molecule has 6 nitrogen and oxygen atoms in total. The average molecular weight is 299 g/mol. The number of benzene rings is 1. The Labute approximate surface area is 127 Å². The van der Waals surface area contributed by atoms with Crippen molar-refractivity contribution in [2.75, 3.05) is 5.32 Å². The minimum absolute atomic E-state index is 0.0244. The van der Waals surface area contributed by atoms with Crippen LogP contribution >= 0.6 is 0 Å². The zero-order chi connectivity index (χ0) is 15.6. The normalized spacial score (nSPS) is 15.8. The van der Waals surface area contributed by atoms with Gasteiger partial charge in [-0.3, -0.25) is 14.7 Å². The van der Waals surface area contributed by atoms with Crippen molar-refractivity contribution in [2.24, 2.45) is 5.41 Å². The fraction of sp³-hybridized carbons (Fsp3) is 0.312. The van der Waals surface area contributed by atoms with Gasteiger partial charge in [0, 0.05) is 23.9 Å². The van der Waals surface area contributed by atoms with Gasteiger partial charge in [0.15, 0.2) is 0 Å². The predicted molar refractivity (Wildman–Crippen MR) is 81.2 cm³/mol. The van der Waals surface area contributed by atoms with Crippen LogP contribution in [-0.2, 0) is 9.59 Å². The van der Waals surface area contributed by atoms with Crippen molar-refractivity contribution >= 4 is 17.6 Å². The molecule has 0 unspecified atom stereocenters. The largest absolute Gasteiger partial charge is 0.481 e. The first-order chi connectivity index (χ1) is 10.6. The van der Waals surface area contributed by atoms with E-state index in [-0.39, 0.29) is 12.3 Å². The highest BCUT2D eigenvalue weighted by molar-refractivity contribution is 5.95. The standard InChI is InChI=1S/C16H17N3O3/c20-14(10-16(15(21)22)6-2-7-16)18-12-4-1-3-11(9-12)13-5-8-17-19-13/h1,3-5,8-9H,2,6-7,10H2,(H,17,19)(H,18,20)(H,21,22). The minimum Gasteiger partial charge on any atom is -0.481 e. The van der Waals surface area contributed by atoms with Gasteiger partial charge in [0.1, 0.15) is 0 Å². The van der Waals surface area contributed by atoms with Crippen molar-refractivity contribution in [2.45, 2.75) is 25.7 Å². The topological polar surface area (TPSA) is 95.1 Å². The number of hydrogen-bond donors (Lipinski definition) is 3. The number of carboxylic acid groups (broad SMARTS) is 1. The fourth-order valence-electron chi connectivity index (χ4n) is 2.76. The highest BCUT2D eigenvalue weighted by Gasteiger charge is 2.45. The second-order valence-corrected chi connectivity index (χ2v) is 5.72. The van der Waals surface area contributed by atoms with E-state index in [9.17, 15) is 14.7 Å². The molecule has 1 aliphatic carbocycles. The van der Waals surface area contributed by atoms with Gasteiger partial charge in [0.2, 0.25) is 5.91 Å². The molecule has 114 valence electrons. The molecule has 0 bridgehead atoms. The van der Waals surface area contributed by atoms with Crippen LogP contribution in [0, 0.1) is 5.41 Å². The Morgan fingerprint density at radius 1 is 1.32 bits per heavy atom. The maximum absolute atomic E-state index is 12.1. The number of aromatic amines is 1. The van der Waals surface area contributed by atoms with Crippen LogP contribution in [0.4, 0.5) is 5.69 Å². The third-order valence-electron chi connectivity index (χ3n) is 4.22. The molecule has 3 N–H and O–H groups in total. The Hall–Kier alpha value is -2.63. The van der Waals surface area contributed by atoms with E-state index < -0.39 is 11.4 Å². The van der Waals surface area contributed by atoms with Gasteiger partial charge < -0.3 is 10.4 Å². The first-order valence-corrected chi connectivity index (χ1v) is 7.22. The van der Waals surface area contributed by atoms with E-state index in [2.05, 4.69) is 15.5 Å². The molecule has 0 radical (unpaired) electrons. The number of amides is 1. The van der Waals surface area contributed by atoms with Crippen molar-refractivity contribution in [3.05, 3.63) is 36.5 Å². The lowest BCUT2D eigenvalue weighted by atomic mass is 9.66. The van der Waals surface area contributed by atoms with Crippen LogP contribution in [0.2, 0.25) is 0 Å². The van der Waals surface area contributed by atoms with Gasteiger partial charge in [-0.2, -0.15) is 5.10 Å². The number of carbonyl (C=O) groups excluding carboxylic acids is 1. The number of nitrogens with zero attached hydrogens (tertiary/aromatic N) is 1. The molecule has 1 saturated carbocycles. The van der Waals surface area contributed by atoms with Crippen molar-refractivity contribution in [1.29, 1.82) is 0 Å². The maximum atomic E-state index is 12.1. The summed E-state index contributed by atoms with van der Waals surface area (Å²) >= 11 is 0. The zero-order valence-electron chi connectivity index (χ0n) is 12.0. The fourth-order valence-corrected chi connectivity index (χ4v) is 2.76. The SMILES string of the molecule is O=C(CC1(C(=O)O)CCC1)Nc1cccc(-c2ccn[nH]2)c1. The van der Waals surface area contributed by atoms with E-state index in [1.54, 1.807) is 12.3 Å². The van der Waals surface area contributed by atoms with E-state index in [0.29, 0.717) is 18.5 Å². The number of nitrogens with one attached hydrogen (secondary N) is 2. The second kappa shape index (κ2) is 5.63. The minimum atomic E-state index is -0.875. The number of H-pyrrole nitrogens is 1. The van der Waals surface area contributed by atoms with Gasteiger partial charge in [-0.15, -0.1) is 0 Å². The van der Waals surface area contributed by atoms with Crippen LogP contribution in [0.3, 0.4) is 0 Å². The summed E-state index contributed by atoms with van der Waals surface area (Å²) in [4.78, 5) is 23.4. The molecule has 22 heavy (non-hydrogen) atoms. The molecule has 1 aliphatic rings. The zero-order valence-corrected chi connectivity index (χ0v) is 12.0.